The van der Waals surface area contributed by atoms with Gasteiger partial charge >= 0.3 is 0 Å². The minimum absolute atomic E-state index is 0.509. The normalized spacial score (nSPS) is 43.7. The maximum absolute atomic E-state index is 6.14. The van der Waals surface area contributed by atoms with Crippen LogP contribution in [-0.2, 0) is 0 Å². The van der Waals surface area contributed by atoms with Crippen molar-refractivity contribution in [2.24, 2.45) is 22.5 Å². The molecule has 0 aliphatic heterocycles. The number of nitrogens with two attached hydrogens (primary N) is 1. The van der Waals surface area contributed by atoms with Crippen molar-refractivity contribution < 1.29 is 0 Å². The van der Waals surface area contributed by atoms with Gasteiger partial charge in [-0.2, -0.15) is 0 Å². The van der Waals surface area contributed by atoms with Crippen molar-refractivity contribution in [3.63, 3.8) is 0 Å². The van der Waals surface area contributed by atoms with Crippen LogP contribution in [0, 0.1) is 16.7 Å². The molecule has 2 aliphatic rings. The summed E-state index contributed by atoms with van der Waals surface area (Å²) in [5.41, 5.74) is 7.24. The summed E-state index contributed by atoms with van der Waals surface area (Å²) in [7, 11) is 0. The molecule has 14 heavy (non-hydrogen) atoms. The molecule has 0 heterocycles. The highest BCUT2D eigenvalue weighted by Gasteiger charge is 2.47. The van der Waals surface area contributed by atoms with Crippen LogP contribution in [0.5, 0.6) is 0 Å². The Morgan fingerprint density at radius 3 is 1.79 bits per heavy atom. The van der Waals surface area contributed by atoms with E-state index in [0.29, 0.717) is 16.9 Å². The Kier molecular flexibility index (Phi) is 2.42. The number of hydrogen-bond donors (Lipinski definition) is 1. The van der Waals surface area contributed by atoms with Crippen LogP contribution in [0.2, 0.25) is 0 Å². The fourth-order valence-corrected chi connectivity index (χ4v) is 3.40. The van der Waals surface area contributed by atoms with Crippen LogP contribution in [0.25, 0.3) is 0 Å². The molecule has 1 heteroatoms. The SMILES string of the molecule is CC(C)(C)C1CCC2(CC1)CCC2N. The summed E-state index contributed by atoms with van der Waals surface area (Å²) in [4.78, 5) is 0. The first-order valence-electron chi connectivity index (χ1n) is 6.20. The van der Waals surface area contributed by atoms with E-state index < -0.39 is 0 Å². The Labute approximate surface area is 88.4 Å². The van der Waals surface area contributed by atoms with E-state index >= 15 is 0 Å². The minimum atomic E-state index is 0.509. The lowest BCUT2D eigenvalue weighted by Crippen LogP contribution is -2.52. The van der Waals surface area contributed by atoms with Gasteiger partial charge in [0.2, 0.25) is 0 Å². The van der Waals surface area contributed by atoms with E-state index in [-0.39, 0.29) is 0 Å². The van der Waals surface area contributed by atoms with E-state index in [0.717, 1.165) is 5.92 Å². The average molecular weight is 195 g/mol. The molecule has 0 aromatic rings. The van der Waals surface area contributed by atoms with Gasteiger partial charge in [0.15, 0.2) is 0 Å². The molecule has 1 unspecified atom stereocenters. The van der Waals surface area contributed by atoms with Gasteiger partial charge in [0.05, 0.1) is 0 Å². The zero-order chi connectivity index (χ0) is 10.4. The topological polar surface area (TPSA) is 26.0 Å². The van der Waals surface area contributed by atoms with E-state index in [1.165, 1.54) is 38.5 Å². The highest BCUT2D eigenvalue weighted by Crippen LogP contribution is 2.54. The van der Waals surface area contributed by atoms with Gasteiger partial charge in [-0.25, -0.2) is 0 Å². The summed E-state index contributed by atoms with van der Waals surface area (Å²) in [6.45, 7) is 7.16. The Bertz CT molecular complexity index is 206. The third kappa shape index (κ3) is 1.60. The van der Waals surface area contributed by atoms with E-state index in [1.807, 2.05) is 0 Å². The van der Waals surface area contributed by atoms with E-state index in [1.54, 1.807) is 0 Å². The molecule has 0 saturated heterocycles. The molecule has 2 aliphatic carbocycles. The molecule has 0 radical (unpaired) electrons. The molecule has 2 fully saturated rings. The lowest BCUT2D eigenvalue weighted by molar-refractivity contribution is 0.00445. The maximum Gasteiger partial charge on any atom is 0.00957 e. The first kappa shape index (κ1) is 10.5. The summed E-state index contributed by atoms with van der Waals surface area (Å²) in [6.07, 6.45) is 8.31. The summed E-state index contributed by atoms with van der Waals surface area (Å²) in [6, 6.07) is 0.531. The number of rotatable bonds is 0. The molecule has 0 aromatic heterocycles. The zero-order valence-corrected chi connectivity index (χ0v) is 9.97. The maximum atomic E-state index is 6.14. The molecule has 82 valence electrons. The average Bonchev–Trinajstić information content (AvgIpc) is 2.14. The second-order valence-electron chi connectivity index (χ2n) is 6.65. The van der Waals surface area contributed by atoms with Gasteiger partial charge in [0, 0.05) is 6.04 Å². The summed E-state index contributed by atoms with van der Waals surface area (Å²) >= 11 is 0. The number of hydrogen-bond acceptors (Lipinski definition) is 1. The largest absolute Gasteiger partial charge is 0.327 e. The van der Waals surface area contributed by atoms with Crippen molar-refractivity contribution in [2.75, 3.05) is 0 Å². The molecule has 0 amide bonds. The molecule has 1 atom stereocenters. The highest BCUT2D eigenvalue weighted by molar-refractivity contribution is 5.01. The van der Waals surface area contributed by atoms with Gasteiger partial charge in [0.1, 0.15) is 0 Å². The molecule has 0 aromatic carbocycles. The summed E-state index contributed by atoms with van der Waals surface area (Å²) in [5, 5.41) is 0. The van der Waals surface area contributed by atoms with Gasteiger partial charge in [-0.05, 0) is 55.3 Å². The van der Waals surface area contributed by atoms with Crippen LogP contribution in [0.1, 0.15) is 59.3 Å². The molecule has 2 rings (SSSR count). The van der Waals surface area contributed by atoms with Crippen molar-refractivity contribution >= 4 is 0 Å². The van der Waals surface area contributed by atoms with E-state index in [9.17, 15) is 0 Å². The van der Waals surface area contributed by atoms with Crippen molar-refractivity contribution in [2.45, 2.75) is 65.3 Å². The molecule has 1 spiro atoms. The van der Waals surface area contributed by atoms with Crippen molar-refractivity contribution in [1.82, 2.24) is 0 Å². The molecule has 0 bridgehead atoms. The van der Waals surface area contributed by atoms with E-state index in [4.69, 9.17) is 5.73 Å². The zero-order valence-electron chi connectivity index (χ0n) is 9.97. The van der Waals surface area contributed by atoms with Gasteiger partial charge in [-0.15, -0.1) is 0 Å². The second-order valence-corrected chi connectivity index (χ2v) is 6.65. The monoisotopic (exact) mass is 195 g/mol. The Morgan fingerprint density at radius 1 is 1.00 bits per heavy atom. The predicted molar refractivity (Wildman–Crippen MR) is 61.1 cm³/mol. The van der Waals surface area contributed by atoms with Crippen molar-refractivity contribution in [1.29, 1.82) is 0 Å². The summed E-state index contributed by atoms with van der Waals surface area (Å²) in [5.74, 6) is 0.931. The molecule has 2 N–H and O–H groups in total. The van der Waals surface area contributed by atoms with Gasteiger partial charge in [0.25, 0.3) is 0 Å². The van der Waals surface area contributed by atoms with Crippen LogP contribution in [0.4, 0.5) is 0 Å². The second kappa shape index (κ2) is 3.23. The molecule has 2 saturated carbocycles. The Balaban J connectivity index is 1.92. The van der Waals surface area contributed by atoms with Gasteiger partial charge in [-0.1, -0.05) is 20.8 Å². The smallest absolute Gasteiger partial charge is 0.00957 e. The first-order chi connectivity index (χ1) is 6.44. The third-order valence-corrected chi connectivity index (χ3v) is 4.95. The van der Waals surface area contributed by atoms with Crippen LogP contribution in [0.3, 0.4) is 0 Å². The third-order valence-electron chi connectivity index (χ3n) is 4.95. The lowest BCUT2D eigenvalue weighted by atomic mass is 9.54. The lowest BCUT2D eigenvalue weighted by Gasteiger charge is -2.53. The highest BCUT2D eigenvalue weighted by atomic mass is 14.7. The fourth-order valence-electron chi connectivity index (χ4n) is 3.40. The van der Waals surface area contributed by atoms with Crippen LogP contribution < -0.4 is 5.73 Å². The Hall–Kier alpha value is -0.0400. The van der Waals surface area contributed by atoms with Crippen LogP contribution >= 0.6 is 0 Å². The molecular formula is C13H25N. The van der Waals surface area contributed by atoms with Crippen molar-refractivity contribution in [3.05, 3.63) is 0 Å². The Morgan fingerprint density at radius 2 is 1.50 bits per heavy atom. The summed E-state index contributed by atoms with van der Waals surface area (Å²) < 4.78 is 0. The van der Waals surface area contributed by atoms with Crippen LogP contribution in [0.15, 0.2) is 0 Å². The van der Waals surface area contributed by atoms with Crippen molar-refractivity contribution in [3.8, 4) is 0 Å². The standard InChI is InChI=1S/C13H25N/c1-12(2,3)10-4-7-13(8-5-10)9-6-11(13)14/h10-11H,4-9,14H2,1-3H3. The van der Waals surface area contributed by atoms with Gasteiger partial charge in [-0.3, -0.25) is 0 Å². The fraction of sp³-hybridized carbons (Fsp3) is 1.00. The van der Waals surface area contributed by atoms with E-state index in [2.05, 4.69) is 20.8 Å². The van der Waals surface area contributed by atoms with Gasteiger partial charge < -0.3 is 5.73 Å². The first-order valence-corrected chi connectivity index (χ1v) is 6.20. The molecule has 1 nitrogen and oxygen atoms in total. The molecular weight excluding hydrogens is 170 g/mol. The predicted octanol–water partition coefficient (Wildman–Crippen LogP) is 3.33. The quantitative estimate of drug-likeness (QED) is 0.630. The minimum Gasteiger partial charge on any atom is -0.327 e. The van der Waals surface area contributed by atoms with Crippen LogP contribution in [-0.4, -0.2) is 6.04 Å².